The molecule has 0 spiro atoms. The van der Waals surface area contributed by atoms with Crippen molar-refractivity contribution in [3.8, 4) is 0 Å². The Labute approximate surface area is 66.8 Å². The van der Waals surface area contributed by atoms with Gasteiger partial charge in [0.25, 0.3) is 0 Å². The van der Waals surface area contributed by atoms with E-state index in [-0.39, 0.29) is 5.41 Å². The number of hydrogen-bond acceptors (Lipinski definition) is 2. The zero-order valence-electron chi connectivity index (χ0n) is 7.27. The lowest BCUT2D eigenvalue weighted by atomic mass is 9.56. The van der Waals surface area contributed by atoms with Crippen LogP contribution in [0.25, 0.3) is 0 Å². The van der Waals surface area contributed by atoms with Gasteiger partial charge in [-0.25, -0.2) is 0 Å². The lowest BCUT2D eigenvalue weighted by Gasteiger charge is -2.52. The highest BCUT2D eigenvalue weighted by atomic mass is 16.4. The minimum atomic E-state index is -0.726. The summed E-state index contributed by atoms with van der Waals surface area (Å²) in [5, 5.41) is 11.9. The van der Waals surface area contributed by atoms with Crippen molar-refractivity contribution in [3.05, 3.63) is 0 Å². The highest BCUT2D eigenvalue weighted by molar-refractivity contribution is 5.81. The molecule has 1 rings (SSSR count). The van der Waals surface area contributed by atoms with Crippen molar-refractivity contribution >= 4 is 5.97 Å². The smallest absolute Gasteiger partial charge is 0.324 e. The average molecular weight is 157 g/mol. The Morgan fingerprint density at radius 3 is 2.00 bits per heavy atom. The molecule has 0 aliphatic heterocycles. The largest absolute Gasteiger partial charge is 0.480 e. The zero-order valence-corrected chi connectivity index (χ0v) is 7.27. The molecule has 0 saturated heterocycles. The van der Waals surface area contributed by atoms with Gasteiger partial charge in [-0.2, -0.15) is 0 Å². The van der Waals surface area contributed by atoms with Gasteiger partial charge in [-0.3, -0.25) is 4.79 Å². The highest BCUT2D eigenvalue weighted by Gasteiger charge is 2.57. The Morgan fingerprint density at radius 1 is 1.45 bits per heavy atom. The van der Waals surface area contributed by atoms with Gasteiger partial charge in [0.2, 0.25) is 0 Å². The molecule has 2 N–H and O–H groups in total. The Hall–Kier alpha value is -0.570. The second kappa shape index (κ2) is 2.21. The van der Waals surface area contributed by atoms with Crippen molar-refractivity contribution in [2.75, 3.05) is 7.05 Å². The first-order valence-electron chi connectivity index (χ1n) is 3.88. The van der Waals surface area contributed by atoms with Crippen molar-refractivity contribution in [1.29, 1.82) is 0 Å². The van der Waals surface area contributed by atoms with E-state index in [1.165, 1.54) is 0 Å². The molecule has 0 aromatic heterocycles. The summed E-state index contributed by atoms with van der Waals surface area (Å²) < 4.78 is 0. The number of aliphatic carboxylic acids is 1. The third kappa shape index (κ3) is 0.872. The predicted octanol–water partition coefficient (Wildman–Crippen LogP) is 0.849. The van der Waals surface area contributed by atoms with Gasteiger partial charge in [-0.1, -0.05) is 13.8 Å². The number of carboxylic acid groups (broad SMARTS) is 1. The van der Waals surface area contributed by atoms with Crippen molar-refractivity contribution < 1.29 is 9.90 Å². The highest BCUT2D eigenvalue weighted by Crippen LogP contribution is 2.49. The molecule has 0 aromatic rings. The summed E-state index contributed by atoms with van der Waals surface area (Å²) in [6, 6.07) is 0. The Balaban J connectivity index is 2.87. The van der Waals surface area contributed by atoms with Crippen LogP contribution in [0.5, 0.6) is 0 Å². The van der Waals surface area contributed by atoms with Gasteiger partial charge in [0.1, 0.15) is 5.54 Å². The van der Waals surface area contributed by atoms with Crippen molar-refractivity contribution in [1.82, 2.24) is 5.32 Å². The summed E-state index contributed by atoms with van der Waals surface area (Å²) in [5.74, 6) is -0.726. The van der Waals surface area contributed by atoms with Gasteiger partial charge >= 0.3 is 5.97 Å². The number of carboxylic acids is 1. The van der Waals surface area contributed by atoms with E-state index in [0.717, 1.165) is 12.8 Å². The molecule has 0 aromatic carbocycles. The summed E-state index contributed by atoms with van der Waals surface area (Å²) >= 11 is 0. The first-order valence-corrected chi connectivity index (χ1v) is 3.88. The Kier molecular flexibility index (Phi) is 1.71. The molecule has 0 radical (unpaired) electrons. The zero-order chi connectivity index (χ0) is 8.70. The maximum absolute atomic E-state index is 10.9. The molecule has 3 heteroatoms. The molecule has 0 amide bonds. The van der Waals surface area contributed by atoms with Crippen LogP contribution in [0.15, 0.2) is 0 Å². The van der Waals surface area contributed by atoms with E-state index in [2.05, 4.69) is 5.32 Å². The first-order chi connectivity index (χ1) is 4.96. The summed E-state index contributed by atoms with van der Waals surface area (Å²) in [7, 11) is 1.72. The molecule has 64 valence electrons. The van der Waals surface area contributed by atoms with Gasteiger partial charge in [0.15, 0.2) is 0 Å². The standard InChI is InChI=1S/C8H15NO2/c1-7(2)4-5-8(7,9-3)6(10)11/h9H,4-5H2,1-3H3,(H,10,11). The molecule has 1 saturated carbocycles. The second-order valence-corrected chi connectivity index (χ2v) is 3.84. The molecular weight excluding hydrogens is 142 g/mol. The van der Waals surface area contributed by atoms with Crippen LogP contribution >= 0.6 is 0 Å². The number of rotatable bonds is 2. The molecular formula is C8H15NO2. The van der Waals surface area contributed by atoms with Crippen molar-refractivity contribution in [2.45, 2.75) is 32.2 Å². The van der Waals surface area contributed by atoms with Crippen LogP contribution in [0.2, 0.25) is 0 Å². The van der Waals surface area contributed by atoms with E-state index in [9.17, 15) is 4.79 Å². The monoisotopic (exact) mass is 157 g/mol. The quantitative estimate of drug-likeness (QED) is 0.624. The molecule has 1 aliphatic rings. The lowest BCUT2D eigenvalue weighted by molar-refractivity contribution is -0.159. The van der Waals surface area contributed by atoms with E-state index in [4.69, 9.17) is 5.11 Å². The van der Waals surface area contributed by atoms with Crippen LogP contribution in [0, 0.1) is 5.41 Å². The second-order valence-electron chi connectivity index (χ2n) is 3.84. The fourth-order valence-electron chi connectivity index (χ4n) is 1.84. The fraction of sp³-hybridized carbons (Fsp3) is 0.875. The molecule has 3 nitrogen and oxygen atoms in total. The molecule has 0 heterocycles. The van der Waals surface area contributed by atoms with E-state index < -0.39 is 11.5 Å². The van der Waals surface area contributed by atoms with E-state index in [1.807, 2.05) is 13.8 Å². The first kappa shape index (κ1) is 8.53. The van der Waals surface area contributed by atoms with Crippen LogP contribution in [-0.2, 0) is 4.79 Å². The van der Waals surface area contributed by atoms with Gasteiger partial charge < -0.3 is 10.4 Å². The van der Waals surface area contributed by atoms with Gasteiger partial charge in [0, 0.05) is 0 Å². The van der Waals surface area contributed by atoms with E-state index in [0.29, 0.717) is 0 Å². The van der Waals surface area contributed by atoms with E-state index >= 15 is 0 Å². The van der Waals surface area contributed by atoms with Gasteiger partial charge in [-0.15, -0.1) is 0 Å². The molecule has 1 atom stereocenters. The van der Waals surface area contributed by atoms with Crippen LogP contribution in [0.4, 0.5) is 0 Å². The van der Waals surface area contributed by atoms with Crippen molar-refractivity contribution in [3.63, 3.8) is 0 Å². The number of hydrogen-bond donors (Lipinski definition) is 2. The maximum atomic E-state index is 10.9. The maximum Gasteiger partial charge on any atom is 0.324 e. The SMILES string of the molecule is CNC1(C(=O)O)CCC1(C)C. The number of likely N-dealkylation sites (N-methyl/N-ethyl adjacent to an activating group) is 1. The molecule has 11 heavy (non-hydrogen) atoms. The van der Waals surface area contributed by atoms with Crippen LogP contribution in [0.3, 0.4) is 0 Å². The summed E-state index contributed by atoms with van der Waals surface area (Å²) in [4.78, 5) is 10.9. The molecule has 1 aliphatic carbocycles. The van der Waals surface area contributed by atoms with Crippen LogP contribution in [0.1, 0.15) is 26.7 Å². The topological polar surface area (TPSA) is 49.3 Å². The normalized spacial score (nSPS) is 34.5. The minimum Gasteiger partial charge on any atom is -0.480 e. The number of nitrogens with one attached hydrogen (secondary N) is 1. The molecule has 0 bridgehead atoms. The fourth-order valence-corrected chi connectivity index (χ4v) is 1.84. The average Bonchev–Trinajstić information content (AvgIpc) is 1.87. The summed E-state index contributed by atoms with van der Waals surface area (Å²) in [6.07, 6.45) is 1.73. The predicted molar refractivity (Wildman–Crippen MR) is 42.4 cm³/mol. The Morgan fingerprint density at radius 2 is 2.00 bits per heavy atom. The van der Waals surface area contributed by atoms with Crippen molar-refractivity contribution in [2.24, 2.45) is 5.41 Å². The third-order valence-corrected chi connectivity index (χ3v) is 3.07. The minimum absolute atomic E-state index is 0.104. The van der Waals surface area contributed by atoms with E-state index in [1.54, 1.807) is 7.05 Å². The Bertz CT molecular complexity index is 185. The number of carbonyl (C=O) groups is 1. The van der Waals surface area contributed by atoms with Gasteiger partial charge in [-0.05, 0) is 25.3 Å². The van der Waals surface area contributed by atoms with Gasteiger partial charge in [0.05, 0.1) is 0 Å². The lowest BCUT2D eigenvalue weighted by Crippen LogP contribution is -2.67. The third-order valence-electron chi connectivity index (χ3n) is 3.07. The summed E-state index contributed by atoms with van der Waals surface area (Å²) in [5.41, 5.74) is -0.777. The molecule has 1 unspecified atom stereocenters. The van der Waals surface area contributed by atoms with Crippen LogP contribution < -0.4 is 5.32 Å². The molecule has 1 fully saturated rings. The summed E-state index contributed by atoms with van der Waals surface area (Å²) in [6.45, 7) is 3.97. The van der Waals surface area contributed by atoms with Crippen LogP contribution in [-0.4, -0.2) is 23.7 Å².